The molecule has 3 aliphatic rings. The van der Waals surface area contributed by atoms with Gasteiger partial charge in [0.25, 0.3) is 0 Å². The number of anilines is 2. The predicted molar refractivity (Wildman–Crippen MR) is 352 cm³/mol. The molecule has 15 rings (SSSR count). The first-order chi connectivity index (χ1) is 41.4. The monoisotopic (exact) mass is 1260 g/mol. The summed E-state index contributed by atoms with van der Waals surface area (Å²) in [6.07, 6.45) is 20.6. The molecular weight excluding hydrogens is 1200 g/mol. The van der Waals surface area contributed by atoms with Crippen LogP contribution in [0.2, 0.25) is 0 Å². The zero-order valence-electron chi connectivity index (χ0n) is 49.0. The van der Waals surface area contributed by atoms with Gasteiger partial charge in [0, 0.05) is 98.5 Å². The molecule has 2 saturated heterocycles. The summed E-state index contributed by atoms with van der Waals surface area (Å²) >= 11 is 9.49. The quantitative estimate of drug-likeness (QED) is 0.0744. The van der Waals surface area contributed by atoms with Crippen LogP contribution in [0.4, 0.5) is 10.3 Å². The van der Waals surface area contributed by atoms with Crippen molar-refractivity contribution >= 4 is 118 Å². The van der Waals surface area contributed by atoms with Crippen molar-refractivity contribution in [2.45, 2.75) is 96.8 Å². The van der Waals surface area contributed by atoms with Crippen molar-refractivity contribution in [3.05, 3.63) is 90.1 Å². The second kappa shape index (κ2) is 23.5. The summed E-state index contributed by atoms with van der Waals surface area (Å²) in [5.74, 6) is 0.321. The molecular formula is C59H65N19O2S6. The van der Waals surface area contributed by atoms with E-state index in [2.05, 4.69) is 98.9 Å². The van der Waals surface area contributed by atoms with E-state index in [0.717, 1.165) is 163 Å². The third kappa shape index (κ3) is 12.1. The number of aromatic nitrogens is 14. The molecule has 0 radical (unpaired) electrons. The largest absolute Gasteiger partial charge is 0.507 e. The number of aryl methyl sites for hydroxylation is 3. The summed E-state index contributed by atoms with van der Waals surface area (Å²) in [5.41, 5.74) is 9.96. The van der Waals surface area contributed by atoms with Gasteiger partial charge in [-0.15, -0.1) is 0 Å². The molecule has 27 heteroatoms. The molecule has 0 unspecified atom stereocenters. The zero-order chi connectivity index (χ0) is 59.6. The number of hydrogen-bond acceptors (Lipinski definition) is 24. The van der Waals surface area contributed by atoms with Gasteiger partial charge >= 0.3 is 0 Å². The van der Waals surface area contributed by atoms with Gasteiger partial charge in [-0.3, -0.25) is 14.8 Å². The van der Waals surface area contributed by atoms with Gasteiger partial charge in [0.05, 0.1) is 29.3 Å². The number of piperidine rings is 2. The van der Waals surface area contributed by atoms with Crippen LogP contribution in [-0.2, 0) is 7.05 Å². The van der Waals surface area contributed by atoms with Crippen molar-refractivity contribution in [3.63, 3.8) is 0 Å². The minimum Gasteiger partial charge on any atom is -0.507 e. The van der Waals surface area contributed by atoms with Gasteiger partial charge < -0.3 is 40.4 Å². The highest BCUT2D eigenvalue weighted by Gasteiger charge is 2.40. The van der Waals surface area contributed by atoms with Gasteiger partial charge in [0.15, 0.2) is 44.9 Å². The molecule has 0 atom stereocenters. The lowest BCUT2D eigenvalue weighted by molar-refractivity contribution is 0.161. The lowest BCUT2D eigenvalue weighted by atomic mass is 9.79. The summed E-state index contributed by atoms with van der Waals surface area (Å²) < 4.78 is 3.78. The maximum Gasteiger partial charge on any atom is 0.188 e. The lowest BCUT2D eigenvalue weighted by Gasteiger charge is -2.48. The van der Waals surface area contributed by atoms with E-state index < -0.39 is 0 Å². The Morgan fingerprint density at radius 2 is 1.26 bits per heavy atom. The average molecular weight is 1260 g/mol. The molecule has 11 aromatic heterocycles. The molecule has 21 nitrogen and oxygen atoms in total. The standard InChI is InChI=1S/C22H27N7OS2.C20H22N6OS2.C17H16N6S2/c1-21(2)7-14(8-22(3,4)28-21)29(5)20-27-19-18(32-20)26-17(31-19)16-15(30)6-12(9-23-16)13-10-24-25-11-13;1-25-11-13(10-22-25)12-3-4-15(16(27)9-12)17-23-18-19(28-17)24-20(29-18)26(2)14-5-7-21-8-6-14;1-9-7-23-8-12(20-13(23)10(2)19-9)15-22-17-16(25-15)21-14(24-17)11-3-5-18-6-4-11/h6,9-11,14,28,30H,7-8H2,1-5H3,(H,24,25);3-4,9-11,14,21,27H,5-8H2,1-2H3;3,7-8,18H,4-6H2,1-2H3. The minimum atomic E-state index is 0.0759. The fraction of sp³-hybridized carbons (Fsp3) is 0.373. The Balaban J connectivity index is 0.000000120. The third-order valence-electron chi connectivity index (χ3n) is 15.5. The SMILES string of the molecule is CN(c1nc2sc(-c3ccc(-c4cnn(C)c4)cc3O)nc2s1)C1CCNCC1.CN(c1nc2sc(-c3ncc(-c4cn[nH]c4)cc3O)nc2s1)C1CC(C)(C)NC(C)(C)C1.Cc1cn2cc(-c3nc4sc(C5=CCNCC5)nc4s3)nc2c(C)n1. The molecule has 0 bridgehead atoms. The second-order valence-electron chi connectivity index (χ2n) is 23.3. The molecule has 1 aromatic carbocycles. The number of rotatable bonds is 10. The van der Waals surface area contributed by atoms with Crippen LogP contribution in [0, 0.1) is 13.8 Å². The molecule has 3 aliphatic heterocycles. The first-order valence-corrected chi connectivity index (χ1v) is 33.3. The van der Waals surface area contributed by atoms with Crippen molar-refractivity contribution in [2.75, 3.05) is 50.1 Å². The number of pyridine rings is 1. The number of imidazole rings is 1. The van der Waals surface area contributed by atoms with Gasteiger partial charge in [0.1, 0.15) is 42.9 Å². The fourth-order valence-corrected chi connectivity index (χ4v) is 17.8. The number of H-pyrrole nitrogens is 1. The number of aromatic hydroxyl groups is 2. The topological polar surface area (TPSA) is 250 Å². The van der Waals surface area contributed by atoms with E-state index in [-0.39, 0.29) is 22.6 Å². The first kappa shape index (κ1) is 57.8. The van der Waals surface area contributed by atoms with Crippen LogP contribution in [0.3, 0.4) is 0 Å². The van der Waals surface area contributed by atoms with Crippen LogP contribution in [-0.4, -0.2) is 143 Å². The van der Waals surface area contributed by atoms with Gasteiger partial charge in [0.2, 0.25) is 0 Å². The van der Waals surface area contributed by atoms with E-state index in [1.54, 1.807) is 86.9 Å². The van der Waals surface area contributed by atoms with Crippen LogP contribution in [0.15, 0.2) is 73.7 Å². The molecule has 2 fully saturated rings. The van der Waals surface area contributed by atoms with E-state index in [1.165, 1.54) is 28.2 Å². The number of benzene rings is 1. The Hall–Kier alpha value is -7.21. The Morgan fingerprint density at radius 1 is 0.616 bits per heavy atom. The maximum atomic E-state index is 10.6. The van der Waals surface area contributed by atoms with E-state index in [9.17, 15) is 10.2 Å². The van der Waals surface area contributed by atoms with E-state index >= 15 is 0 Å². The molecule has 86 heavy (non-hydrogen) atoms. The number of fused-ring (bicyclic) bond motifs is 4. The van der Waals surface area contributed by atoms with Gasteiger partial charge in [-0.1, -0.05) is 80.2 Å². The van der Waals surface area contributed by atoms with Crippen molar-refractivity contribution in [1.82, 2.24) is 85.2 Å². The number of phenolic OH excluding ortho intramolecular Hbond substituents is 1. The minimum absolute atomic E-state index is 0.0759. The molecule has 0 aliphatic carbocycles. The Labute approximate surface area is 520 Å². The summed E-state index contributed by atoms with van der Waals surface area (Å²) in [6.45, 7) is 17.1. The van der Waals surface area contributed by atoms with Gasteiger partial charge in [-0.05, 0) is 123 Å². The van der Waals surface area contributed by atoms with Crippen LogP contribution >= 0.6 is 68.0 Å². The van der Waals surface area contributed by atoms with E-state index in [1.807, 2.05) is 56.0 Å². The molecule has 14 heterocycles. The van der Waals surface area contributed by atoms with Crippen molar-refractivity contribution < 1.29 is 10.2 Å². The molecule has 0 spiro atoms. The van der Waals surface area contributed by atoms with Gasteiger partial charge in [-0.25, -0.2) is 39.9 Å². The zero-order valence-corrected chi connectivity index (χ0v) is 53.9. The summed E-state index contributed by atoms with van der Waals surface area (Å²) in [7, 11) is 6.14. The summed E-state index contributed by atoms with van der Waals surface area (Å²) in [5, 5.41) is 48.0. The number of nitrogens with one attached hydrogen (secondary N) is 4. The van der Waals surface area contributed by atoms with E-state index in [0.29, 0.717) is 22.8 Å². The molecule has 0 amide bonds. The molecule has 444 valence electrons. The Kier molecular flexibility index (Phi) is 15.8. The molecule has 12 aromatic rings. The predicted octanol–water partition coefficient (Wildman–Crippen LogP) is 11.8. The first-order valence-electron chi connectivity index (χ1n) is 28.4. The highest BCUT2D eigenvalue weighted by atomic mass is 32.1. The Morgan fingerprint density at radius 3 is 1.91 bits per heavy atom. The number of aromatic amines is 1. The number of phenols is 1. The smallest absolute Gasteiger partial charge is 0.188 e. The van der Waals surface area contributed by atoms with Crippen molar-refractivity contribution in [2.24, 2.45) is 7.05 Å². The third-order valence-corrected chi connectivity index (χ3v) is 21.9. The van der Waals surface area contributed by atoms with Crippen LogP contribution in [0.25, 0.3) is 94.4 Å². The summed E-state index contributed by atoms with van der Waals surface area (Å²) in [4.78, 5) is 52.6. The van der Waals surface area contributed by atoms with Gasteiger partial charge in [-0.2, -0.15) is 10.2 Å². The van der Waals surface area contributed by atoms with Crippen LogP contribution in [0.5, 0.6) is 11.5 Å². The number of nitrogens with zero attached hydrogens (tertiary/aromatic N) is 15. The van der Waals surface area contributed by atoms with Crippen molar-refractivity contribution in [1.29, 1.82) is 0 Å². The fourth-order valence-electron chi connectivity index (χ4n) is 11.6. The second-order valence-corrected chi connectivity index (χ2v) is 29.1. The lowest BCUT2D eigenvalue weighted by Crippen LogP contribution is -2.61. The number of thiazole rings is 6. The molecule has 6 N–H and O–H groups in total. The average Bonchev–Trinajstić information content (AvgIpc) is 2.41. The Bertz CT molecular complexity index is 4330. The van der Waals surface area contributed by atoms with Crippen LogP contribution < -0.4 is 25.8 Å². The normalized spacial score (nSPS) is 16.4. The highest BCUT2D eigenvalue weighted by molar-refractivity contribution is 7.30. The van der Waals surface area contributed by atoms with E-state index in [4.69, 9.17) is 34.9 Å². The van der Waals surface area contributed by atoms with Crippen LogP contribution in [0.1, 0.15) is 76.2 Å². The summed E-state index contributed by atoms with van der Waals surface area (Å²) in [6, 6.07) is 8.30. The molecule has 0 saturated carbocycles. The maximum absolute atomic E-state index is 10.6. The highest BCUT2D eigenvalue weighted by Crippen LogP contribution is 2.43. The number of hydrogen-bond donors (Lipinski definition) is 6. The van der Waals surface area contributed by atoms with Crippen molar-refractivity contribution in [3.8, 4) is 65.7 Å².